The van der Waals surface area contributed by atoms with Gasteiger partial charge in [0.2, 0.25) is 6.29 Å². The normalized spacial score (nSPS) is 13.3. The van der Waals surface area contributed by atoms with E-state index in [0.717, 1.165) is 16.8 Å². The van der Waals surface area contributed by atoms with Gasteiger partial charge in [-0.15, -0.1) is 0 Å². The van der Waals surface area contributed by atoms with Gasteiger partial charge in [-0.3, -0.25) is 4.68 Å². The highest BCUT2D eigenvalue weighted by molar-refractivity contribution is 5.94. The van der Waals surface area contributed by atoms with Crippen LogP contribution >= 0.6 is 0 Å². The highest BCUT2D eigenvalue weighted by Crippen LogP contribution is 2.33. The summed E-state index contributed by atoms with van der Waals surface area (Å²) in [5.41, 5.74) is 4.31. The van der Waals surface area contributed by atoms with Crippen LogP contribution in [0.15, 0.2) is 24.3 Å². The van der Waals surface area contributed by atoms with Gasteiger partial charge in [-0.1, -0.05) is 45.0 Å². The summed E-state index contributed by atoms with van der Waals surface area (Å²) in [5.74, 6) is -0.790. The molecule has 1 aromatic heterocycles. The fraction of sp³-hybridized carbons (Fsp3) is 0.458. The van der Waals surface area contributed by atoms with E-state index in [-0.39, 0.29) is 16.7 Å². The molecular formula is C24H30FN3O3. The second-order valence-electron chi connectivity index (χ2n) is 8.33. The fourth-order valence-corrected chi connectivity index (χ4v) is 3.21. The Bertz CT molecular complexity index is 1010. The molecule has 7 heteroatoms. The second kappa shape index (κ2) is 9.78. The summed E-state index contributed by atoms with van der Waals surface area (Å²) in [6.45, 7) is 12.8. The second-order valence-corrected chi connectivity index (χ2v) is 8.33. The van der Waals surface area contributed by atoms with Crippen molar-refractivity contribution in [3.63, 3.8) is 0 Å². The number of allylic oxidation sites excluding steroid dienone is 1. The average molecular weight is 428 g/mol. The van der Waals surface area contributed by atoms with Crippen molar-refractivity contribution in [1.82, 2.24) is 9.78 Å². The smallest absolute Gasteiger partial charge is 0.340 e. The summed E-state index contributed by atoms with van der Waals surface area (Å²) in [4.78, 5) is 11.4. The average Bonchev–Trinajstić information content (AvgIpc) is 3.01. The molecule has 1 atom stereocenters. The molecule has 0 amide bonds. The van der Waals surface area contributed by atoms with E-state index in [9.17, 15) is 14.4 Å². The number of esters is 1. The minimum atomic E-state index is -1.25. The molecule has 0 aliphatic heterocycles. The lowest BCUT2D eigenvalue weighted by molar-refractivity contribution is -0.165. The summed E-state index contributed by atoms with van der Waals surface area (Å²) < 4.78 is 25.2. The van der Waals surface area contributed by atoms with E-state index >= 15 is 0 Å². The summed E-state index contributed by atoms with van der Waals surface area (Å²) in [5, 5.41) is 14.6. The zero-order chi connectivity index (χ0) is 23.3. The maximum Gasteiger partial charge on any atom is 0.340 e. The summed E-state index contributed by atoms with van der Waals surface area (Å²) in [6.07, 6.45) is -1.09. The molecule has 0 fully saturated rings. The number of nitrogens with zero attached hydrogens (tertiary/aromatic N) is 3. The Balaban J connectivity index is 2.68. The minimum Gasteiger partial charge on any atom is -0.451 e. The van der Waals surface area contributed by atoms with E-state index in [4.69, 9.17) is 9.47 Å². The Morgan fingerprint density at radius 2 is 1.84 bits per heavy atom. The van der Waals surface area contributed by atoms with Crippen molar-refractivity contribution >= 4 is 17.3 Å². The largest absolute Gasteiger partial charge is 0.451 e. The number of benzene rings is 1. The Kier molecular flexibility index (Phi) is 7.61. The number of alkyl halides is 1. The van der Waals surface area contributed by atoms with Crippen LogP contribution in [0.5, 0.6) is 0 Å². The quantitative estimate of drug-likeness (QED) is 0.266. The molecule has 0 N–H and O–H groups in total. The molecule has 2 rings (SSSR count). The van der Waals surface area contributed by atoms with Gasteiger partial charge in [-0.2, -0.15) is 10.4 Å². The number of halogens is 1. The molecule has 1 unspecified atom stereocenters. The number of carbonyl (C=O) groups excluding carboxylic acids is 1. The SMILES string of the molecule is CCn1nc(C)c(C)c1/C(OC(C)OC(=O)CF)=C(\C#N)c1ccc(C(C)(C)C)cc1. The molecule has 6 nitrogen and oxygen atoms in total. The monoisotopic (exact) mass is 427 g/mol. The molecule has 0 aliphatic rings. The number of hydrogen-bond donors (Lipinski definition) is 0. The van der Waals surface area contributed by atoms with Crippen molar-refractivity contribution in [2.24, 2.45) is 0 Å². The number of rotatable bonds is 7. The lowest BCUT2D eigenvalue weighted by atomic mass is 9.86. The van der Waals surface area contributed by atoms with Gasteiger partial charge in [0.1, 0.15) is 17.3 Å². The lowest BCUT2D eigenvalue weighted by Gasteiger charge is -2.21. The molecule has 166 valence electrons. The summed E-state index contributed by atoms with van der Waals surface area (Å²) in [7, 11) is 0. The van der Waals surface area contributed by atoms with Gasteiger partial charge in [0.15, 0.2) is 12.4 Å². The molecule has 0 saturated carbocycles. The molecule has 0 radical (unpaired) electrons. The first kappa shape index (κ1) is 24.1. The standard InChI is InChI=1S/C24H30FN3O3/c1-8-28-22(15(2)16(3)27-28)23(31-17(4)30-21(29)13-25)20(14-26)18-9-11-19(12-10-18)24(5,6)7/h9-12,17H,8,13H2,1-7H3/b23-20-. The molecule has 2 aromatic rings. The van der Waals surface area contributed by atoms with Gasteiger partial charge in [0.25, 0.3) is 0 Å². The van der Waals surface area contributed by atoms with Crippen LogP contribution in [0.2, 0.25) is 0 Å². The molecular weight excluding hydrogens is 397 g/mol. The van der Waals surface area contributed by atoms with E-state index < -0.39 is 18.9 Å². The molecule has 0 saturated heterocycles. The van der Waals surface area contributed by atoms with Crippen LogP contribution in [0, 0.1) is 25.2 Å². The third kappa shape index (κ3) is 5.52. The number of aryl methyl sites for hydroxylation is 2. The maximum absolute atomic E-state index is 12.6. The zero-order valence-electron chi connectivity index (χ0n) is 19.2. The fourth-order valence-electron chi connectivity index (χ4n) is 3.21. The van der Waals surface area contributed by atoms with E-state index in [2.05, 4.69) is 31.9 Å². The van der Waals surface area contributed by atoms with Crippen molar-refractivity contribution < 1.29 is 18.7 Å². The number of hydrogen-bond acceptors (Lipinski definition) is 5. The Morgan fingerprint density at radius 3 is 2.32 bits per heavy atom. The van der Waals surface area contributed by atoms with Gasteiger partial charge in [-0.05, 0) is 37.3 Å². The third-order valence-corrected chi connectivity index (χ3v) is 5.01. The van der Waals surface area contributed by atoms with Crippen molar-refractivity contribution in [2.75, 3.05) is 6.67 Å². The molecule has 0 aliphatic carbocycles. The van der Waals surface area contributed by atoms with Crippen LogP contribution in [0.1, 0.15) is 62.7 Å². The first-order valence-electron chi connectivity index (χ1n) is 10.2. The van der Waals surface area contributed by atoms with Gasteiger partial charge in [0, 0.05) is 19.0 Å². The van der Waals surface area contributed by atoms with Crippen LogP contribution in [-0.4, -0.2) is 28.7 Å². The van der Waals surface area contributed by atoms with E-state index in [1.54, 1.807) is 4.68 Å². The maximum atomic E-state index is 12.6. The summed E-state index contributed by atoms with van der Waals surface area (Å²) in [6, 6.07) is 9.93. The van der Waals surface area contributed by atoms with Crippen molar-refractivity contribution in [3.8, 4) is 6.07 Å². The van der Waals surface area contributed by atoms with Crippen LogP contribution in [0.3, 0.4) is 0 Å². The molecule has 1 heterocycles. The molecule has 31 heavy (non-hydrogen) atoms. The highest BCUT2D eigenvalue weighted by atomic mass is 19.1. The minimum absolute atomic E-state index is 0.0298. The highest BCUT2D eigenvalue weighted by Gasteiger charge is 2.25. The Labute approximate surface area is 183 Å². The number of nitriles is 1. The topological polar surface area (TPSA) is 77.1 Å². The van der Waals surface area contributed by atoms with Gasteiger partial charge in [-0.25, -0.2) is 9.18 Å². The first-order chi connectivity index (χ1) is 14.5. The van der Waals surface area contributed by atoms with Crippen molar-refractivity contribution in [3.05, 3.63) is 52.3 Å². The van der Waals surface area contributed by atoms with E-state index in [0.29, 0.717) is 17.8 Å². The Hall–Kier alpha value is -3.14. The van der Waals surface area contributed by atoms with Crippen LogP contribution in [0.4, 0.5) is 4.39 Å². The number of aromatic nitrogens is 2. The first-order valence-corrected chi connectivity index (χ1v) is 10.2. The molecule has 1 aromatic carbocycles. The number of ether oxygens (including phenoxy) is 2. The number of carbonyl (C=O) groups is 1. The van der Waals surface area contributed by atoms with Crippen molar-refractivity contribution in [2.45, 2.75) is 66.7 Å². The third-order valence-electron chi connectivity index (χ3n) is 5.01. The van der Waals surface area contributed by atoms with Gasteiger partial charge < -0.3 is 9.47 Å². The predicted octanol–water partition coefficient (Wildman–Crippen LogP) is 5.08. The van der Waals surface area contributed by atoms with Gasteiger partial charge in [0.05, 0.1) is 5.69 Å². The Morgan fingerprint density at radius 1 is 1.23 bits per heavy atom. The van der Waals surface area contributed by atoms with E-state index in [1.165, 1.54) is 6.92 Å². The zero-order valence-corrected chi connectivity index (χ0v) is 19.2. The predicted molar refractivity (Wildman–Crippen MR) is 118 cm³/mol. The molecule has 0 spiro atoms. The van der Waals surface area contributed by atoms with Crippen LogP contribution in [-0.2, 0) is 26.2 Å². The lowest BCUT2D eigenvalue weighted by Crippen LogP contribution is -2.20. The van der Waals surface area contributed by atoms with Gasteiger partial charge >= 0.3 is 5.97 Å². The van der Waals surface area contributed by atoms with Crippen molar-refractivity contribution in [1.29, 1.82) is 5.26 Å². The van der Waals surface area contributed by atoms with Crippen LogP contribution in [0.25, 0.3) is 11.3 Å². The summed E-state index contributed by atoms with van der Waals surface area (Å²) >= 11 is 0. The van der Waals surface area contributed by atoms with E-state index in [1.807, 2.05) is 45.0 Å². The van der Waals surface area contributed by atoms with Crippen LogP contribution < -0.4 is 0 Å². The molecule has 0 bridgehead atoms.